The lowest BCUT2D eigenvalue weighted by atomic mass is 10.2. The molecule has 0 fully saturated rings. The van der Waals surface area contributed by atoms with Crippen LogP contribution in [0, 0.1) is 0 Å². The Morgan fingerprint density at radius 3 is 2.80 bits per heavy atom. The van der Waals surface area contributed by atoms with Crippen LogP contribution >= 0.6 is 0 Å². The third kappa shape index (κ3) is 7.11. The standard InChI is InChI=1S/C11H21NO3/c1-4-8-15-9-11(14)6-7-12(5-2)10(3)13/h4,11,14H,1,5-9H2,2-3H3. The molecule has 0 saturated heterocycles. The molecule has 0 rings (SSSR count). The third-order valence-corrected chi connectivity index (χ3v) is 2.11. The summed E-state index contributed by atoms with van der Waals surface area (Å²) in [5, 5.41) is 9.50. The first kappa shape index (κ1) is 14.1. The maximum atomic E-state index is 11.0. The highest BCUT2D eigenvalue weighted by Crippen LogP contribution is 1.98. The van der Waals surface area contributed by atoms with Crippen LogP contribution in [0.15, 0.2) is 12.7 Å². The van der Waals surface area contributed by atoms with Crippen LogP contribution in [0.4, 0.5) is 0 Å². The van der Waals surface area contributed by atoms with Crippen LogP contribution in [-0.4, -0.2) is 48.3 Å². The lowest BCUT2D eigenvalue weighted by molar-refractivity contribution is -0.129. The molecule has 1 atom stereocenters. The molecule has 0 saturated carbocycles. The summed E-state index contributed by atoms with van der Waals surface area (Å²) in [7, 11) is 0. The lowest BCUT2D eigenvalue weighted by Crippen LogP contribution is -2.32. The fourth-order valence-corrected chi connectivity index (χ4v) is 1.21. The number of rotatable bonds is 8. The van der Waals surface area contributed by atoms with Gasteiger partial charge in [0, 0.05) is 20.0 Å². The Morgan fingerprint density at radius 2 is 2.33 bits per heavy atom. The molecule has 1 unspecified atom stereocenters. The van der Waals surface area contributed by atoms with Crippen molar-refractivity contribution in [1.29, 1.82) is 0 Å². The molecule has 0 aromatic heterocycles. The summed E-state index contributed by atoms with van der Waals surface area (Å²) in [6.07, 6.45) is 1.67. The first-order chi connectivity index (χ1) is 7.11. The third-order valence-electron chi connectivity index (χ3n) is 2.11. The first-order valence-corrected chi connectivity index (χ1v) is 5.24. The fraction of sp³-hybridized carbons (Fsp3) is 0.727. The lowest BCUT2D eigenvalue weighted by Gasteiger charge is -2.20. The largest absolute Gasteiger partial charge is 0.391 e. The number of aliphatic hydroxyl groups excluding tert-OH is 1. The molecule has 0 aromatic carbocycles. The fourth-order valence-electron chi connectivity index (χ4n) is 1.21. The molecule has 0 heterocycles. The van der Waals surface area contributed by atoms with Gasteiger partial charge in [0.15, 0.2) is 0 Å². The van der Waals surface area contributed by atoms with E-state index >= 15 is 0 Å². The maximum Gasteiger partial charge on any atom is 0.219 e. The zero-order valence-corrected chi connectivity index (χ0v) is 9.61. The molecular formula is C11H21NO3. The van der Waals surface area contributed by atoms with Crippen LogP contribution in [-0.2, 0) is 9.53 Å². The average Bonchev–Trinajstić information content (AvgIpc) is 2.18. The average molecular weight is 215 g/mol. The molecule has 88 valence electrons. The molecule has 0 aromatic rings. The van der Waals surface area contributed by atoms with Crippen molar-refractivity contribution in [2.75, 3.05) is 26.3 Å². The van der Waals surface area contributed by atoms with E-state index in [1.54, 1.807) is 11.0 Å². The zero-order valence-electron chi connectivity index (χ0n) is 9.61. The smallest absolute Gasteiger partial charge is 0.219 e. The Hall–Kier alpha value is -0.870. The van der Waals surface area contributed by atoms with Gasteiger partial charge in [0.2, 0.25) is 5.91 Å². The molecule has 0 bridgehead atoms. The van der Waals surface area contributed by atoms with Crippen molar-refractivity contribution >= 4 is 5.91 Å². The van der Waals surface area contributed by atoms with Crippen molar-refractivity contribution in [2.24, 2.45) is 0 Å². The molecule has 1 amide bonds. The predicted octanol–water partition coefficient (Wildman–Crippen LogP) is 0.808. The quantitative estimate of drug-likeness (QED) is 0.481. The number of aliphatic hydroxyl groups is 1. The minimum atomic E-state index is -0.515. The minimum absolute atomic E-state index is 0.0386. The van der Waals surface area contributed by atoms with E-state index in [1.807, 2.05) is 6.92 Å². The second-order valence-electron chi connectivity index (χ2n) is 3.37. The Labute approximate surface area is 91.5 Å². The Bertz CT molecular complexity index is 194. The van der Waals surface area contributed by atoms with Gasteiger partial charge in [0.25, 0.3) is 0 Å². The van der Waals surface area contributed by atoms with Gasteiger partial charge in [-0.25, -0.2) is 0 Å². The minimum Gasteiger partial charge on any atom is -0.391 e. The van der Waals surface area contributed by atoms with Gasteiger partial charge in [-0.05, 0) is 13.3 Å². The van der Waals surface area contributed by atoms with E-state index in [4.69, 9.17) is 4.74 Å². The van der Waals surface area contributed by atoms with Crippen LogP contribution in [0.5, 0.6) is 0 Å². The first-order valence-electron chi connectivity index (χ1n) is 5.24. The van der Waals surface area contributed by atoms with Crippen molar-refractivity contribution in [1.82, 2.24) is 4.90 Å². The van der Waals surface area contributed by atoms with E-state index in [9.17, 15) is 9.90 Å². The molecule has 0 radical (unpaired) electrons. The number of ether oxygens (including phenoxy) is 1. The second kappa shape index (κ2) is 8.44. The highest BCUT2D eigenvalue weighted by molar-refractivity contribution is 5.73. The van der Waals surface area contributed by atoms with Gasteiger partial charge >= 0.3 is 0 Å². The topological polar surface area (TPSA) is 49.8 Å². The summed E-state index contributed by atoms with van der Waals surface area (Å²) in [5.74, 6) is 0.0386. The molecule has 0 aliphatic rings. The van der Waals surface area contributed by atoms with Gasteiger partial charge < -0.3 is 14.7 Å². The molecule has 0 aliphatic carbocycles. The molecule has 4 nitrogen and oxygen atoms in total. The molecule has 4 heteroatoms. The SMILES string of the molecule is C=CCOCC(O)CCN(CC)C(C)=O. The van der Waals surface area contributed by atoms with Gasteiger partial charge in [-0.15, -0.1) is 6.58 Å². The number of carbonyl (C=O) groups is 1. The van der Waals surface area contributed by atoms with Gasteiger partial charge in [0.05, 0.1) is 19.3 Å². The van der Waals surface area contributed by atoms with Gasteiger partial charge in [-0.3, -0.25) is 4.79 Å². The zero-order chi connectivity index (χ0) is 11.7. The molecular weight excluding hydrogens is 194 g/mol. The van der Waals surface area contributed by atoms with Crippen LogP contribution in [0.1, 0.15) is 20.3 Å². The Kier molecular flexibility index (Phi) is 7.95. The summed E-state index contributed by atoms with van der Waals surface area (Å²) >= 11 is 0. The van der Waals surface area contributed by atoms with Crippen molar-refractivity contribution in [3.8, 4) is 0 Å². The molecule has 15 heavy (non-hydrogen) atoms. The number of hydrogen-bond acceptors (Lipinski definition) is 3. The van der Waals surface area contributed by atoms with E-state index in [0.717, 1.165) is 0 Å². The van der Waals surface area contributed by atoms with E-state index in [2.05, 4.69) is 6.58 Å². The number of hydrogen-bond donors (Lipinski definition) is 1. The Balaban J connectivity index is 3.63. The van der Waals surface area contributed by atoms with Gasteiger partial charge in [0.1, 0.15) is 0 Å². The van der Waals surface area contributed by atoms with Crippen LogP contribution in [0.2, 0.25) is 0 Å². The normalized spacial score (nSPS) is 12.2. The molecule has 0 spiro atoms. The summed E-state index contributed by atoms with van der Waals surface area (Å²) in [5.41, 5.74) is 0. The van der Waals surface area contributed by atoms with Gasteiger partial charge in [-0.2, -0.15) is 0 Å². The highest BCUT2D eigenvalue weighted by Gasteiger charge is 2.09. The maximum absolute atomic E-state index is 11.0. The summed E-state index contributed by atoms with van der Waals surface area (Å²) in [6, 6.07) is 0. The molecule has 0 aliphatic heterocycles. The summed E-state index contributed by atoms with van der Waals surface area (Å²) in [6.45, 7) is 8.95. The van der Waals surface area contributed by atoms with E-state index in [1.165, 1.54) is 6.92 Å². The van der Waals surface area contributed by atoms with Gasteiger partial charge in [-0.1, -0.05) is 6.08 Å². The van der Waals surface area contributed by atoms with E-state index in [0.29, 0.717) is 32.7 Å². The van der Waals surface area contributed by atoms with Crippen LogP contribution in [0.3, 0.4) is 0 Å². The van der Waals surface area contributed by atoms with Crippen LogP contribution < -0.4 is 0 Å². The number of carbonyl (C=O) groups excluding carboxylic acids is 1. The van der Waals surface area contributed by atoms with Crippen molar-refractivity contribution < 1.29 is 14.6 Å². The van der Waals surface area contributed by atoms with Crippen LogP contribution in [0.25, 0.3) is 0 Å². The monoisotopic (exact) mass is 215 g/mol. The highest BCUT2D eigenvalue weighted by atomic mass is 16.5. The number of nitrogens with zero attached hydrogens (tertiary/aromatic N) is 1. The summed E-state index contributed by atoms with van der Waals surface area (Å²) < 4.78 is 5.10. The summed E-state index contributed by atoms with van der Waals surface area (Å²) in [4.78, 5) is 12.7. The van der Waals surface area contributed by atoms with E-state index < -0.39 is 6.10 Å². The predicted molar refractivity (Wildman–Crippen MR) is 59.6 cm³/mol. The second-order valence-corrected chi connectivity index (χ2v) is 3.37. The van der Waals surface area contributed by atoms with E-state index in [-0.39, 0.29) is 5.91 Å². The molecule has 1 N–H and O–H groups in total. The van der Waals surface area contributed by atoms with Crippen molar-refractivity contribution in [2.45, 2.75) is 26.4 Å². The Morgan fingerprint density at radius 1 is 1.67 bits per heavy atom. The van der Waals surface area contributed by atoms with Crippen molar-refractivity contribution in [3.63, 3.8) is 0 Å². The van der Waals surface area contributed by atoms with Crippen molar-refractivity contribution in [3.05, 3.63) is 12.7 Å². The number of amides is 1.